The lowest BCUT2D eigenvalue weighted by Crippen LogP contribution is -2.27. The number of ether oxygens (including phenoxy) is 2. The van der Waals surface area contributed by atoms with E-state index in [0.29, 0.717) is 6.42 Å². The van der Waals surface area contributed by atoms with Crippen molar-refractivity contribution in [2.45, 2.75) is 245 Å². The second kappa shape index (κ2) is 44.9. The number of carbonyl (C=O) groups is 1. The Kier molecular flexibility index (Phi) is 44.0. The van der Waals surface area contributed by atoms with Crippen LogP contribution in [-0.4, -0.2) is 43.3 Å². The largest absolute Gasteiger partial charge is 0.498 e. The van der Waals surface area contributed by atoms with E-state index in [1.54, 1.807) is 6.26 Å². The second-order valence-electron chi connectivity index (χ2n) is 16.0. The minimum atomic E-state index is -4.29. The Balaban J connectivity index is 3.99. The van der Waals surface area contributed by atoms with Crippen LogP contribution in [0.4, 0.5) is 0 Å². The molecule has 0 spiro atoms. The Morgan fingerprint density at radius 1 is 0.536 bits per heavy atom. The van der Waals surface area contributed by atoms with Crippen LogP contribution in [0.1, 0.15) is 239 Å². The van der Waals surface area contributed by atoms with Crippen LogP contribution in [0.25, 0.3) is 0 Å². The average Bonchev–Trinajstić information content (AvgIpc) is 3.19. The number of esters is 1. The van der Waals surface area contributed by atoms with Gasteiger partial charge in [-0.15, -0.1) is 0 Å². The van der Waals surface area contributed by atoms with Crippen molar-refractivity contribution in [2.75, 3.05) is 26.4 Å². The van der Waals surface area contributed by atoms with E-state index in [1.807, 2.05) is 6.08 Å². The normalized spacial score (nSPS) is 13.5. The van der Waals surface area contributed by atoms with Crippen molar-refractivity contribution in [1.82, 2.24) is 0 Å². The molecule has 0 fully saturated rings. The highest BCUT2D eigenvalue weighted by Crippen LogP contribution is 2.43. The van der Waals surface area contributed by atoms with E-state index in [2.05, 4.69) is 26.0 Å². The van der Waals surface area contributed by atoms with Crippen LogP contribution in [0, 0.1) is 0 Å². The van der Waals surface area contributed by atoms with Gasteiger partial charge in [0, 0.05) is 13.0 Å². The van der Waals surface area contributed by atoms with Gasteiger partial charge in [-0.1, -0.05) is 199 Å². The Bertz CT molecular complexity index is 915. The quantitative estimate of drug-likeness (QED) is 0.0205. The Morgan fingerprint density at radius 2 is 0.911 bits per heavy atom. The summed E-state index contributed by atoms with van der Waals surface area (Å²) in [6.45, 7) is 4.26. The van der Waals surface area contributed by atoms with Crippen LogP contribution in [0.2, 0.25) is 0 Å². The van der Waals surface area contributed by atoms with Gasteiger partial charge >= 0.3 is 13.8 Å². The van der Waals surface area contributed by atoms with Gasteiger partial charge in [-0.2, -0.15) is 0 Å². The first-order valence-corrected chi connectivity index (χ1v) is 25.4. The van der Waals surface area contributed by atoms with Gasteiger partial charge in [0.1, 0.15) is 6.61 Å². The van der Waals surface area contributed by atoms with E-state index < -0.39 is 13.9 Å². The maximum Gasteiger partial charge on any atom is 0.472 e. The van der Waals surface area contributed by atoms with Gasteiger partial charge in [0.15, 0.2) is 6.10 Å². The van der Waals surface area contributed by atoms with Crippen molar-refractivity contribution < 1.29 is 32.8 Å². The third-order valence-corrected chi connectivity index (χ3v) is 11.4. The highest BCUT2D eigenvalue weighted by atomic mass is 31.2. The molecule has 332 valence electrons. The summed E-state index contributed by atoms with van der Waals surface area (Å²) in [5.41, 5.74) is 5.37. The van der Waals surface area contributed by atoms with Crippen molar-refractivity contribution in [3.8, 4) is 0 Å². The zero-order chi connectivity index (χ0) is 40.9. The van der Waals surface area contributed by atoms with Crippen molar-refractivity contribution in [1.29, 1.82) is 0 Å². The molecule has 8 nitrogen and oxygen atoms in total. The molecule has 0 aliphatic rings. The minimum absolute atomic E-state index is 0.0313. The Morgan fingerprint density at radius 3 is 1.32 bits per heavy atom. The molecule has 2 atom stereocenters. The monoisotopic (exact) mass is 814 g/mol. The van der Waals surface area contributed by atoms with Crippen molar-refractivity contribution in [3.05, 3.63) is 24.5 Å². The van der Waals surface area contributed by atoms with Crippen molar-refractivity contribution in [3.63, 3.8) is 0 Å². The summed E-state index contributed by atoms with van der Waals surface area (Å²) >= 11 is 0. The first-order chi connectivity index (χ1) is 27.4. The number of rotatable bonds is 46. The summed E-state index contributed by atoms with van der Waals surface area (Å²) < 4.78 is 33.3. The molecular weight excluding hydrogens is 721 g/mol. The number of hydrogen-bond acceptors (Lipinski definition) is 7. The molecular formula is C47H92NO7P. The summed E-state index contributed by atoms with van der Waals surface area (Å²) in [7, 11) is -4.29. The molecule has 0 saturated carbocycles. The lowest BCUT2D eigenvalue weighted by Gasteiger charge is -2.19. The fourth-order valence-electron chi connectivity index (χ4n) is 6.90. The van der Waals surface area contributed by atoms with Crippen molar-refractivity contribution >= 4 is 13.8 Å². The summed E-state index contributed by atoms with van der Waals surface area (Å²) in [5, 5.41) is 0. The zero-order valence-electron chi connectivity index (χ0n) is 36.9. The van der Waals surface area contributed by atoms with Crippen LogP contribution in [0.15, 0.2) is 24.5 Å². The molecule has 0 aliphatic carbocycles. The maximum atomic E-state index is 12.6. The average molecular weight is 814 g/mol. The van der Waals surface area contributed by atoms with Crippen LogP contribution in [0.5, 0.6) is 0 Å². The molecule has 0 aromatic heterocycles. The Hall–Kier alpha value is -1.18. The van der Waals surface area contributed by atoms with Crippen molar-refractivity contribution in [2.24, 2.45) is 5.73 Å². The standard InChI is InChI=1S/C47H92NO7P/c1-3-5-7-9-11-13-15-17-19-21-22-23-24-25-26-28-30-32-34-36-38-40-47(49)55-46(45-54-56(50,51)53-43-41-48)44-52-42-39-37-35-33-31-29-27-20-18-16-14-12-10-8-6-4-2/h18,20,39,42,46H,3-17,19,21-38,40-41,43-45,48H2,1-2H3,(H,50,51)/b20-18-,42-39-/t46-/m1/s1. The van der Waals surface area contributed by atoms with Gasteiger partial charge in [0.05, 0.1) is 19.5 Å². The lowest BCUT2D eigenvalue weighted by atomic mass is 10.0. The SMILES string of the molecule is CCCCCCCC/C=C\CCCCCC/C=C\OC[C@H](COP(=O)(O)OCCN)OC(=O)CCCCCCCCCCCCCCCCCCCCCCC. The molecule has 9 heteroatoms. The van der Waals surface area contributed by atoms with E-state index in [4.69, 9.17) is 24.3 Å². The molecule has 0 aromatic carbocycles. The first kappa shape index (κ1) is 54.8. The van der Waals surface area contributed by atoms with Gasteiger partial charge in [-0.05, 0) is 51.0 Å². The number of unbranched alkanes of at least 4 members (excludes halogenated alkanes) is 31. The molecule has 1 unspecified atom stereocenters. The van der Waals surface area contributed by atoms with Crippen LogP contribution < -0.4 is 5.73 Å². The number of carbonyl (C=O) groups excluding carboxylic acids is 1. The molecule has 0 heterocycles. The van der Waals surface area contributed by atoms with Gasteiger partial charge in [0.25, 0.3) is 0 Å². The van der Waals surface area contributed by atoms with Gasteiger partial charge in [-0.25, -0.2) is 4.57 Å². The molecule has 0 radical (unpaired) electrons. The molecule has 0 saturated heterocycles. The smallest absolute Gasteiger partial charge is 0.472 e. The van der Waals surface area contributed by atoms with Crippen LogP contribution >= 0.6 is 7.82 Å². The number of hydrogen-bond donors (Lipinski definition) is 2. The molecule has 3 N–H and O–H groups in total. The summed E-state index contributed by atoms with van der Waals surface area (Å²) in [6.07, 6.45) is 51.6. The highest BCUT2D eigenvalue weighted by molar-refractivity contribution is 7.47. The maximum absolute atomic E-state index is 12.6. The molecule has 56 heavy (non-hydrogen) atoms. The zero-order valence-corrected chi connectivity index (χ0v) is 37.8. The number of phosphoric acid groups is 1. The molecule has 0 aliphatic heterocycles. The Labute approximate surface area is 346 Å². The number of nitrogens with two attached hydrogens (primary N) is 1. The van der Waals surface area contributed by atoms with E-state index in [-0.39, 0.29) is 32.3 Å². The summed E-state index contributed by atoms with van der Waals surface area (Å²) in [4.78, 5) is 22.5. The summed E-state index contributed by atoms with van der Waals surface area (Å²) in [5.74, 6) is -0.350. The van der Waals surface area contributed by atoms with Crippen LogP contribution in [0.3, 0.4) is 0 Å². The fourth-order valence-corrected chi connectivity index (χ4v) is 7.67. The third kappa shape index (κ3) is 43.9. The second-order valence-corrected chi connectivity index (χ2v) is 17.5. The third-order valence-electron chi connectivity index (χ3n) is 10.4. The molecule has 0 bridgehead atoms. The van der Waals surface area contributed by atoms with E-state index in [9.17, 15) is 14.3 Å². The predicted octanol–water partition coefficient (Wildman–Crippen LogP) is 14.8. The molecule has 0 rings (SSSR count). The molecule has 0 aromatic rings. The van der Waals surface area contributed by atoms with E-state index in [1.165, 1.54) is 180 Å². The fraction of sp³-hybridized carbons (Fsp3) is 0.894. The molecule has 0 amide bonds. The van der Waals surface area contributed by atoms with E-state index >= 15 is 0 Å². The van der Waals surface area contributed by atoms with Gasteiger partial charge in [0.2, 0.25) is 0 Å². The topological polar surface area (TPSA) is 117 Å². The number of allylic oxidation sites excluding steroid dienone is 3. The van der Waals surface area contributed by atoms with Gasteiger partial charge < -0.3 is 20.1 Å². The highest BCUT2D eigenvalue weighted by Gasteiger charge is 2.25. The van der Waals surface area contributed by atoms with Gasteiger partial charge in [-0.3, -0.25) is 13.8 Å². The number of phosphoric ester groups is 1. The minimum Gasteiger partial charge on any atom is -0.498 e. The van der Waals surface area contributed by atoms with Crippen LogP contribution in [-0.2, 0) is 27.9 Å². The van der Waals surface area contributed by atoms with E-state index in [0.717, 1.165) is 38.5 Å². The first-order valence-electron chi connectivity index (χ1n) is 23.9. The predicted molar refractivity (Wildman–Crippen MR) is 238 cm³/mol. The summed E-state index contributed by atoms with van der Waals surface area (Å²) in [6, 6.07) is 0. The lowest BCUT2D eigenvalue weighted by molar-refractivity contribution is -0.153.